The summed E-state index contributed by atoms with van der Waals surface area (Å²) in [6.45, 7) is 4.00. The molecule has 17 heavy (non-hydrogen) atoms. The molecule has 2 aliphatic rings. The number of nitrogens with one attached hydrogen (secondary N) is 2. The Morgan fingerprint density at radius 2 is 1.88 bits per heavy atom. The average molecular weight is 238 g/mol. The summed E-state index contributed by atoms with van der Waals surface area (Å²) in [5.41, 5.74) is -0.0812. The molecule has 0 saturated heterocycles. The van der Waals surface area contributed by atoms with Crippen LogP contribution in [0, 0.1) is 5.41 Å². The van der Waals surface area contributed by atoms with E-state index in [0.717, 1.165) is 38.4 Å². The van der Waals surface area contributed by atoms with Crippen molar-refractivity contribution in [3.63, 3.8) is 0 Å². The standard InChI is InChI=1S/C14H26N2O/c1-14(8-3-2-4-9-14)13(17)16-11-5-10-15-12-6-7-12/h12,15H,2-11H2,1H3,(H,16,17). The fourth-order valence-corrected chi connectivity index (χ4v) is 2.66. The summed E-state index contributed by atoms with van der Waals surface area (Å²) in [5, 5.41) is 6.58. The first-order valence-electron chi connectivity index (χ1n) is 7.22. The molecule has 98 valence electrons. The van der Waals surface area contributed by atoms with Crippen molar-refractivity contribution in [2.24, 2.45) is 5.41 Å². The first-order valence-corrected chi connectivity index (χ1v) is 7.22. The molecule has 1 amide bonds. The zero-order valence-electron chi connectivity index (χ0n) is 11.1. The van der Waals surface area contributed by atoms with Crippen molar-refractivity contribution in [3.8, 4) is 0 Å². The first-order chi connectivity index (χ1) is 8.21. The molecule has 0 heterocycles. The molecule has 0 aromatic carbocycles. The van der Waals surface area contributed by atoms with Crippen LogP contribution >= 0.6 is 0 Å². The maximum atomic E-state index is 12.1. The molecule has 2 N–H and O–H groups in total. The summed E-state index contributed by atoms with van der Waals surface area (Å²) in [4.78, 5) is 12.1. The number of hydrogen-bond acceptors (Lipinski definition) is 2. The summed E-state index contributed by atoms with van der Waals surface area (Å²) in [6, 6.07) is 0.779. The van der Waals surface area contributed by atoms with Crippen LogP contribution in [0.2, 0.25) is 0 Å². The molecule has 0 atom stereocenters. The van der Waals surface area contributed by atoms with Gasteiger partial charge in [-0.1, -0.05) is 26.2 Å². The van der Waals surface area contributed by atoms with Crippen LogP contribution in [0.3, 0.4) is 0 Å². The molecular weight excluding hydrogens is 212 g/mol. The van der Waals surface area contributed by atoms with E-state index in [0.29, 0.717) is 0 Å². The van der Waals surface area contributed by atoms with E-state index in [2.05, 4.69) is 17.6 Å². The van der Waals surface area contributed by atoms with Crippen molar-refractivity contribution in [3.05, 3.63) is 0 Å². The minimum atomic E-state index is -0.0812. The Kier molecular flexibility index (Phi) is 4.43. The van der Waals surface area contributed by atoms with Gasteiger partial charge in [0.2, 0.25) is 5.91 Å². The lowest BCUT2D eigenvalue weighted by molar-refractivity contribution is -0.131. The lowest BCUT2D eigenvalue weighted by atomic mass is 9.75. The number of carbonyl (C=O) groups excluding carboxylic acids is 1. The second kappa shape index (κ2) is 5.85. The molecule has 0 aromatic heterocycles. The van der Waals surface area contributed by atoms with Crippen LogP contribution in [0.15, 0.2) is 0 Å². The highest BCUT2D eigenvalue weighted by atomic mass is 16.2. The smallest absolute Gasteiger partial charge is 0.225 e. The van der Waals surface area contributed by atoms with Crippen LogP contribution in [0.1, 0.15) is 58.3 Å². The zero-order chi connectivity index (χ0) is 12.1. The molecule has 2 aliphatic carbocycles. The third kappa shape index (κ3) is 3.98. The van der Waals surface area contributed by atoms with Gasteiger partial charge in [-0.25, -0.2) is 0 Å². The fraction of sp³-hybridized carbons (Fsp3) is 0.929. The predicted molar refractivity (Wildman–Crippen MR) is 69.8 cm³/mol. The van der Waals surface area contributed by atoms with Crippen molar-refractivity contribution in [2.75, 3.05) is 13.1 Å². The molecule has 0 spiro atoms. The molecule has 0 aromatic rings. The Hall–Kier alpha value is -0.570. The number of carbonyl (C=O) groups is 1. The Bertz CT molecular complexity index is 255. The van der Waals surface area contributed by atoms with Gasteiger partial charge in [-0.05, 0) is 38.6 Å². The van der Waals surface area contributed by atoms with Gasteiger partial charge < -0.3 is 10.6 Å². The van der Waals surface area contributed by atoms with Gasteiger partial charge in [0, 0.05) is 18.0 Å². The highest BCUT2D eigenvalue weighted by Gasteiger charge is 2.33. The van der Waals surface area contributed by atoms with Gasteiger partial charge in [-0.3, -0.25) is 4.79 Å². The molecule has 2 saturated carbocycles. The van der Waals surface area contributed by atoms with E-state index in [1.165, 1.54) is 32.1 Å². The molecule has 0 aliphatic heterocycles. The van der Waals surface area contributed by atoms with Crippen LogP contribution in [-0.4, -0.2) is 25.0 Å². The third-order valence-corrected chi connectivity index (χ3v) is 4.15. The first kappa shape index (κ1) is 12.9. The maximum absolute atomic E-state index is 12.1. The summed E-state index contributed by atoms with van der Waals surface area (Å²) < 4.78 is 0. The molecule has 0 unspecified atom stereocenters. The molecule has 0 radical (unpaired) electrons. The Balaban J connectivity index is 1.58. The van der Waals surface area contributed by atoms with E-state index in [1.807, 2.05) is 0 Å². The van der Waals surface area contributed by atoms with Gasteiger partial charge in [0.1, 0.15) is 0 Å². The quantitative estimate of drug-likeness (QED) is 0.697. The highest BCUT2D eigenvalue weighted by molar-refractivity contribution is 5.82. The zero-order valence-corrected chi connectivity index (χ0v) is 11.1. The molecule has 2 fully saturated rings. The van der Waals surface area contributed by atoms with Crippen molar-refractivity contribution < 1.29 is 4.79 Å². The monoisotopic (exact) mass is 238 g/mol. The Labute approximate surface area is 105 Å². The van der Waals surface area contributed by atoms with Crippen molar-refractivity contribution in [1.29, 1.82) is 0 Å². The molecular formula is C14H26N2O. The number of amides is 1. The van der Waals surface area contributed by atoms with Gasteiger partial charge in [-0.15, -0.1) is 0 Å². The van der Waals surface area contributed by atoms with Gasteiger partial charge in [-0.2, -0.15) is 0 Å². The number of hydrogen-bond donors (Lipinski definition) is 2. The second-order valence-electron chi connectivity index (χ2n) is 5.96. The summed E-state index contributed by atoms with van der Waals surface area (Å²) >= 11 is 0. The summed E-state index contributed by atoms with van der Waals surface area (Å²) in [5.74, 6) is 0.281. The van der Waals surface area contributed by atoms with Crippen LogP contribution in [0.4, 0.5) is 0 Å². The van der Waals surface area contributed by atoms with E-state index in [4.69, 9.17) is 0 Å². The van der Waals surface area contributed by atoms with E-state index < -0.39 is 0 Å². The fourth-order valence-electron chi connectivity index (χ4n) is 2.66. The van der Waals surface area contributed by atoms with E-state index >= 15 is 0 Å². The van der Waals surface area contributed by atoms with Crippen molar-refractivity contribution in [2.45, 2.75) is 64.3 Å². The molecule has 2 rings (SSSR count). The van der Waals surface area contributed by atoms with Crippen LogP contribution in [-0.2, 0) is 4.79 Å². The molecule has 0 bridgehead atoms. The van der Waals surface area contributed by atoms with Gasteiger partial charge in [0.15, 0.2) is 0 Å². The summed E-state index contributed by atoms with van der Waals surface area (Å²) in [6.07, 6.45) is 9.60. The Morgan fingerprint density at radius 1 is 1.18 bits per heavy atom. The summed E-state index contributed by atoms with van der Waals surface area (Å²) in [7, 11) is 0. The Morgan fingerprint density at radius 3 is 2.53 bits per heavy atom. The topological polar surface area (TPSA) is 41.1 Å². The minimum absolute atomic E-state index is 0.0812. The van der Waals surface area contributed by atoms with Gasteiger partial charge >= 0.3 is 0 Å². The minimum Gasteiger partial charge on any atom is -0.356 e. The van der Waals surface area contributed by atoms with Crippen LogP contribution < -0.4 is 10.6 Å². The maximum Gasteiger partial charge on any atom is 0.225 e. The second-order valence-corrected chi connectivity index (χ2v) is 5.96. The van der Waals surface area contributed by atoms with E-state index in [9.17, 15) is 4.79 Å². The van der Waals surface area contributed by atoms with E-state index in [-0.39, 0.29) is 11.3 Å². The molecule has 3 nitrogen and oxygen atoms in total. The molecule has 3 heteroatoms. The van der Waals surface area contributed by atoms with Gasteiger partial charge in [0.05, 0.1) is 0 Å². The SMILES string of the molecule is CC1(C(=O)NCCCNC2CC2)CCCCC1. The van der Waals surface area contributed by atoms with Crippen molar-refractivity contribution in [1.82, 2.24) is 10.6 Å². The van der Waals surface area contributed by atoms with Gasteiger partial charge in [0.25, 0.3) is 0 Å². The third-order valence-electron chi connectivity index (χ3n) is 4.15. The lowest BCUT2D eigenvalue weighted by Crippen LogP contribution is -2.41. The predicted octanol–water partition coefficient (Wildman–Crippen LogP) is 2.22. The number of rotatable bonds is 6. The van der Waals surface area contributed by atoms with Crippen LogP contribution in [0.5, 0.6) is 0 Å². The lowest BCUT2D eigenvalue weighted by Gasteiger charge is -2.32. The van der Waals surface area contributed by atoms with E-state index in [1.54, 1.807) is 0 Å². The van der Waals surface area contributed by atoms with Crippen LogP contribution in [0.25, 0.3) is 0 Å². The highest BCUT2D eigenvalue weighted by Crippen LogP contribution is 2.35. The normalized spacial score (nSPS) is 23.4. The van der Waals surface area contributed by atoms with Crippen molar-refractivity contribution >= 4 is 5.91 Å². The average Bonchev–Trinajstić information content (AvgIpc) is 3.13. The largest absolute Gasteiger partial charge is 0.356 e.